The first-order valence-electron chi connectivity index (χ1n) is 8.59. The number of hydrogen-bond acceptors (Lipinski definition) is 4. The number of thioether (sulfide) groups is 1. The van der Waals surface area contributed by atoms with E-state index in [1.165, 1.54) is 23.9 Å². The number of carbonyl (C=O) groups excluding carboxylic acids is 1. The second kappa shape index (κ2) is 9.06. The molecule has 25 heavy (non-hydrogen) atoms. The highest BCUT2D eigenvalue weighted by molar-refractivity contribution is 8.00. The Morgan fingerprint density at radius 1 is 1.24 bits per heavy atom. The first-order chi connectivity index (χ1) is 12.2. The predicted octanol–water partition coefficient (Wildman–Crippen LogP) is 3.54. The lowest BCUT2D eigenvalue weighted by Crippen LogP contribution is -2.38. The smallest absolute Gasteiger partial charge is 0.230 e. The molecule has 0 atom stereocenters. The lowest BCUT2D eigenvalue weighted by atomic mass is 9.97. The number of carbonyl (C=O) groups is 1. The molecule has 0 bridgehead atoms. The molecule has 1 aliphatic heterocycles. The molecule has 0 spiro atoms. The molecule has 0 aliphatic carbocycles. The van der Waals surface area contributed by atoms with Gasteiger partial charge in [0.15, 0.2) is 0 Å². The number of piperidine rings is 1. The van der Waals surface area contributed by atoms with Crippen LogP contribution in [0.3, 0.4) is 0 Å². The van der Waals surface area contributed by atoms with E-state index in [-0.39, 0.29) is 11.7 Å². The van der Waals surface area contributed by atoms with Gasteiger partial charge in [-0.1, -0.05) is 0 Å². The van der Waals surface area contributed by atoms with Crippen molar-refractivity contribution in [2.75, 3.05) is 25.4 Å². The van der Waals surface area contributed by atoms with Crippen LogP contribution in [0.25, 0.3) is 0 Å². The molecule has 1 N–H and O–H groups in total. The largest absolute Gasteiger partial charge is 0.468 e. The second-order valence-corrected chi connectivity index (χ2v) is 7.39. The molecule has 1 amide bonds. The number of furan rings is 1. The number of likely N-dealkylation sites (tertiary alicyclic amines) is 1. The van der Waals surface area contributed by atoms with Crippen molar-refractivity contribution in [1.82, 2.24) is 10.2 Å². The van der Waals surface area contributed by atoms with Crippen molar-refractivity contribution in [2.45, 2.75) is 24.3 Å². The Labute approximate surface area is 151 Å². The Morgan fingerprint density at radius 3 is 2.68 bits per heavy atom. The Kier molecular flexibility index (Phi) is 6.53. The molecule has 1 fully saturated rings. The molecular weight excluding hydrogens is 339 g/mol. The summed E-state index contributed by atoms with van der Waals surface area (Å²) in [5.74, 6) is 1.68. The number of nitrogens with one attached hydrogen (secondary N) is 1. The Morgan fingerprint density at radius 2 is 2.00 bits per heavy atom. The fourth-order valence-corrected chi connectivity index (χ4v) is 3.69. The van der Waals surface area contributed by atoms with Crippen LogP contribution in [0.5, 0.6) is 0 Å². The van der Waals surface area contributed by atoms with Crippen molar-refractivity contribution in [3.8, 4) is 0 Å². The highest BCUT2D eigenvalue weighted by Crippen LogP contribution is 2.20. The number of hydrogen-bond donors (Lipinski definition) is 1. The van der Waals surface area contributed by atoms with Crippen molar-refractivity contribution in [3.05, 3.63) is 54.2 Å². The summed E-state index contributed by atoms with van der Waals surface area (Å²) in [6.07, 6.45) is 3.89. The van der Waals surface area contributed by atoms with E-state index in [1.54, 1.807) is 18.4 Å². The minimum absolute atomic E-state index is 0.0346. The van der Waals surface area contributed by atoms with Crippen LogP contribution in [0.1, 0.15) is 18.6 Å². The topological polar surface area (TPSA) is 45.5 Å². The van der Waals surface area contributed by atoms with Gasteiger partial charge in [0.1, 0.15) is 11.6 Å². The van der Waals surface area contributed by atoms with Crippen molar-refractivity contribution in [2.24, 2.45) is 5.92 Å². The normalized spacial score (nSPS) is 16.0. The summed E-state index contributed by atoms with van der Waals surface area (Å²) in [4.78, 5) is 15.3. The zero-order chi connectivity index (χ0) is 17.5. The van der Waals surface area contributed by atoms with Crippen LogP contribution in [0.15, 0.2) is 52.0 Å². The van der Waals surface area contributed by atoms with Crippen molar-refractivity contribution >= 4 is 17.7 Å². The average Bonchev–Trinajstić information content (AvgIpc) is 3.14. The van der Waals surface area contributed by atoms with E-state index in [9.17, 15) is 9.18 Å². The van der Waals surface area contributed by atoms with E-state index in [2.05, 4.69) is 10.2 Å². The molecule has 1 aliphatic rings. The monoisotopic (exact) mass is 362 g/mol. The molecule has 1 saturated heterocycles. The summed E-state index contributed by atoms with van der Waals surface area (Å²) < 4.78 is 18.2. The molecule has 0 unspecified atom stereocenters. The van der Waals surface area contributed by atoms with Crippen LogP contribution in [0.2, 0.25) is 0 Å². The number of rotatable bonds is 7. The summed E-state index contributed by atoms with van der Waals surface area (Å²) in [6.45, 7) is 3.66. The van der Waals surface area contributed by atoms with E-state index in [0.29, 0.717) is 11.7 Å². The van der Waals surface area contributed by atoms with Gasteiger partial charge in [-0.05, 0) is 68.2 Å². The highest BCUT2D eigenvalue weighted by atomic mass is 32.2. The van der Waals surface area contributed by atoms with Gasteiger partial charge in [-0.3, -0.25) is 9.69 Å². The molecule has 134 valence electrons. The van der Waals surface area contributed by atoms with Gasteiger partial charge in [0.05, 0.1) is 18.6 Å². The molecule has 2 aromatic rings. The first-order valence-corrected chi connectivity index (χ1v) is 9.57. The Balaban J connectivity index is 1.31. The van der Waals surface area contributed by atoms with E-state index in [1.807, 2.05) is 12.1 Å². The fraction of sp³-hybridized carbons (Fsp3) is 0.421. The quantitative estimate of drug-likeness (QED) is 0.766. The zero-order valence-electron chi connectivity index (χ0n) is 14.1. The standard InChI is InChI=1S/C19H23FN2O2S/c20-16-3-5-18(6-4-16)25-14-19(23)21-12-15-7-9-22(10-8-15)13-17-2-1-11-24-17/h1-6,11,15H,7-10,12-14H2,(H,21,23). The second-order valence-electron chi connectivity index (χ2n) is 6.35. The van der Waals surface area contributed by atoms with Gasteiger partial charge in [0, 0.05) is 11.4 Å². The third-order valence-corrected chi connectivity index (χ3v) is 5.45. The number of nitrogens with zero attached hydrogens (tertiary/aromatic N) is 1. The van der Waals surface area contributed by atoms with E-state index >= 15 is 0 Å². The summed E-state index contributed by atoms with van der Waals surface area (Å²) in [5, 5.41) is 3.02. The number of amides is 1. The molecule has 6 heteroatoms. The molecule has 1 aromatic carbocycles. The third-order valence-electron chi connectivity index (χ3n) is 4.44. The van der Waals surface area contributed by atoms with Gasteiger partial charge in [-0.25, -0.2) is 4.39 Å². The first kappa shape index (κ1) is 18.0. The van der Waals surface area contributed by atoms with E-state index < -0.39 is 0 Å². The maximum Gasteiger partial charge on any atom is 0.230 e. The molecule has 4 nitrogen and oxygen atoms in total. The molecule has 0 radical (unpaired) electrons. The maximum absolute atomic E-state index is 12.8. The van der Waals surface area contributed by atoms with Crippen LogP contribution in [-0.2, 0) is 11.3 Å². The van der Waals surface area contributed by atoms with E-state index in [0.717, 1.165) is 49.7 Å². The van der Waals surface area contributed by atoms with Crippen LogP contribution in [-0.4, -0.2) is 36.2 Å². The summed E-state index contributed by atoms with van der Waals surface area (Å²) in [5.41, 5.74) is 0. The Hall–Kier alpha value is -1.79. The lowest BCUT2D eigenvalue weighted by Gasteiger charge is -2.31. The van der Waals surface area contributed by atoms with Gasteiger partial charge in [0.2, 0.25) is 5.91 Å². The third kappa shape index (κ3) is 5.90. The summed E-state index contributed by atoms with van der Waals surface area (Å²) >= 11 is 1.43. The van der Waals surface area contributed by atoms with Crippen LogP contribution < -0.4 is 5.32 Å². The van der Waals surface area contributed by atoms with Gasteiger partial charge >= 0.3 is 0 Å². The minimum atomic E-state index is -0.257. The molecule has 1 aromatic heterocycles. The lowest BCUT2D eigenvalue weighted by molar-refractivity contribution is -0.118. The molecular formula is C19H23FN2O2S. The van der Waals surface area contributed by atoms with Gasteiger partial charge < -0.3 is 9.73 Å². The van der Waals surface area contributed by atoms with Gasteiger partial charge in [0.25, 0.3) is 0 Å². The SMILES string of the molecule is O=C(CSc1ccc(F)cc1)NCC1CCN(Cc2ccco2)CC1. The van der Waals surface area contributed by atoms with Gasteiger partial charge in [-0.2, -0.15) is 0 Å². The minimum Gasteiger partial charge on any atom is -0.468 e. The number of benzene rings is 1. The van der Waals surface area contributed by atoms with Gasteiger partial charge in [-0.15, -0.1) is 11.8 Å². The molecule has 3 rings (SSSR count). The van der Waals surface area contributed by atoms with Crippen molar-refractivity contribution in [1.29, 1.82) is 0 Å². The Bertz CT molecular complexity index is 653. The summed E-state index contributed by atoms with van der Waals surface area (Å²) in [6, 6.07) is 10.1. The zero-order valence-corrected chi connectivity index (χ0v) is 14.9. The maximum atomic E-state index is 12.8. The average molecular weight is 362 g/mol. The van der Waals surface area contributed by atoms with Crippen molar-refractivity contribution in [3.63, 3.8) is 0 Å². The van der Waals surface area contributed by atoms with Crippen LogP contribution >= 0.6 is 11.8 Å². The van der Waals surface area contributed by atoms with Crippen LogP contribution in [0.4, 0.5) is 4.39 Å². The fourth-order valence-electron chi connectivity index (χ4n) is 2.96. The molecule has 2 heterocycles. The number of halogens is 1. The van der Waals surface area contributed by atoms with Crippen molar-refractivity contribution < 1.29 is 13.6 Å². The highest BCUT2D eigenvalue weighted by Gasteiger charge is 2.20. The molecule has 0 saturated carbocycles. The van der Waals surface area contributed by atoms with Crippen LogP contribution in [0, 0.1) is 11.7 Å². The predicted molar refractivity (Wildman–Crippen MR) is 96.8 cm³/mol. The van der Waals surface area contributed by atoms with E-state index in [4.69, 9.17) is 4.42 Å². The summed E-state index contributed by atoms with van der Waals surface area (Å²) in [7, 11) is 0.